The van der Waals surface area contributed by atoms with Gasteiger partial charge in [-0.2, -0.15) is 0 Å². The number of carbonyl (C=O) groups is 1. The second-order valence-corrected chi connectivity index (χ2v) is 9.81. The molecule has 142 valence electrons. The Morgan fingerprint density at radius 3 is 2.41 bits per heavy atom. The number of hydrogen-bond acceptors (Lipinski definition) is 6. The van der Waals surface area contributed by atoms with E-state index in [0.29, 0.717) is 13.2 Å². The summed E-state index contributed by atoms with van der Waals surface area (Å²) in [5.41, 5.74) is 0. The fourth-order valence-electron chi connectivity index (χ4n) is 3.19. The zero-order valence-corrected chi connectivity index (χ0v) is 17.7. The summed E-state index contributed by atoms with van der Waals surface area (Å²) in [5.74, 6) is 1.89. The molecule has 3 nitrogen and oxygen atoms in total. The Balaban J connectivity index is 1.61. The Bertz CT molecular complexity index is 919. The molecule has 3 aromatic heterocycles. The minimum absolute atomic E-state index is 0.609. The van der Waals surface area contributed by atoms with Crippen molar-refractivity contribution in [3.05, 3.63) is 34.0 Å². The lowest BCUT2D eigenvalue weighted by atomic mass is 10.1. The van der Waals surface area contributed by atoms with Crippen LogP contribution in [-0.4, -0.2) is 19.5 Å². The molecule has 0 spiro atoms. The van der Waals surface area contributed by atoms with Crippen LogP contribution in [0, 0.1) is 0 Å². The molecule has 0 amide bonds. The number of rotatable bonds is 8. The van der Waals surface area contributed by atoms with Crippen LogP contribution in [0.25, 0.3) is 19.5 Å². The van der Waals surface area contributed by atoms with Crippen LogP contribution in [-0.2, 0) is 6.42 Å². The highest BCUT2D eigenvalue weighted by atomic mass is 32.1. The fraction of sp³-hybridized carbons (Fsp3) is 0.381. The SMILES string of the molecule is CCCCCCc1sc(-c2ccc(-c3ccc(C=O)s3)s2)c2c1OCCO2. The first-order chi connectivity index (χ1) is 13.3. The van der Waals surface area contributed by atoms with Crippen molar-refractivity contribution < 1.29 is 14.3 Å². The van der Waals surface area contributed by atoms with E-state index in [4.69, 9.17) is 9.47 Å². The Morgan fingerprint density at radius 2 is 1.63 bits per heavy atom. The maximum Gasteiger partial charge on any atom is 0.181 e. The van der Waals surface area contributed by atoms with Gasteiger partial charge >= 0.3 is 0 Å². The number of unbranched alkanes of at least 4 members (excludes halogenated alkanes) is 3. The van der Waals surface area contributed by atoms with Crippen LogP contribution >= 0.6 is 34.0 Å². The van der Waals surface area contributed by atoms with Crippen molar-refractivity contribution in [2.24, 2.45) is 0 Å². The maximum atomic E-state index is 11.0. The molecule has 6 heteroatoms. The molecule has 0 saturated carbocycles. The molecule has 4 heterocycles. The molecule has 0 bridgehead atoms. The number of fused-ring (bicyclic) bond motifs is 1. The van der Waals surface area contributed by atoms with E-state index in [1.54, 1.807) is 11.3 Å². The third-order valence-electron chi connectivity index (χ3n) is 4.54. The van der Waals surface area contributed by atoms with E-state index in [2.05, 4.69) is 19.1 Å². The van der Waals surface area contributed by atoms with Crippen LogP contribution in [0.3, 0.4) is 0 Å². The van der Waals surface area contributed by atoms with Gasteiger partial charge in [0.15, 0.2) is 17.8 Å². The van der Waals surface area contributed by atoms with Crippen molar-refractivity contribution in [2.75, 3.05) is 13.2 Å². The highest BCUT2D eigenvalue weighted by molar-refractivity contribution is 7.27. The fourth-order valence-corrected chi connectivity index (χ4v) is 6.45. The van der Waals surface area contributed by atoms with Gasteiger partial charge in [-0.25, -0.2) is 0 Å². The second-order valence-electron chi connectivity index (χ2n) is 6.50. The van der Waals surface area contributed by atoms with Crippen molar-refractivity contribution in [1.82, 2.24) is 0 Å². The largest absolute Gasteiger partial charge is 0.485 e. The van der Waals surface area contributed by atoms with Crippen molar-refractivity contribution in [1.29, 1.82) is 0 Å². The minimum atomic E-state index is 0.609. The van der Waals surface area contributed by atoms with E-state index in [1.165, 1.54) is 56.5 Å². The zero-order valence-electron chi connectivity index (χ0n) is 15.3. The smallest absolute Gasteiger partial charge is 0.181 e. The summed E-state index contributed by atoms with van der Waals surface area (Å²) in [5, 5.41) is 0. The minimum Gasteiger partial charge on any atom is -0.485 e. The Morgan fingerprint density at radius 1 is 0.889 bits per heavy atom. The lowest BCUT2D eigenvalue weighted by Crippen LogP contribution is -2.15. The van der Waals surface area contributed by atoms with Gasteiger partial charge in [-0.05, 0) is 37.1 Å². The van der Waals surface area contributed by atoms with E-state index >= 15 is 0 Å². The summed E-state index contributed by atoms with van der Waals surface area (Å²) in [6, 6.07) is 8.19. The predicted molar refractivity (Wildman–Crippen MR) is 115 cm³/mol. The summed E-state index contributed by atoms with van der Waals surface area (Å²) < 4.78 is 12.0. The van der Waals surface area contributed by atoms with Crippen molar-refractivity contribution >= 4 is 40.3 Å². The lowest BCUT2D eigenvalue weighted by molar-refractivity contribution is 0.112. The quantitative estimate of drug-likeness (QED) is 0.294. The van der Waals surface area contributed by atoms with E-state index in [0.717, 1.165) is 34.0 Å². The molecule has 0 N–H and O–H groups in total. The lowest BCUT2D eigenvalue weighted by Gasteiger charge is -2.17. The highest BCUT2D eigenvalue weighted by Gasteiger charge is 2.26. The van der Waals surface area contributed by atoms with E-state index in [9.17, 15) is 4.79 Å². The molecule has 0 atom stereocenters. The molecule has 0 radical (unpaired) electrons. The topological polar surface area (TPSA) is 35.5 Å². The highest BCUT2D eigenvalue weighted by Crippen LogP contribution is 2.52. The molecule has 4 rings (SSSR count). The maximum absolute atomic E-state index is 11.0. The standard InChI is InChI=1S/C21H22O3S3/c1-2-3-4-5-6-17-19-20(24-12-11-23-19)21(27-17)18-10-9-16(26-18)15-8-7-14(13-22)25-15/h7-10,13H,2-6,11-12H2,1H3. The van der Waals surface area contributed by atoms with Gasteiger partial charge in [0, 0.05) is 14.6 Å². The van der Waals surface area contributed by atoms with Gasteiger partial charge in [0.05, 0.1) is 14.6 Å². The molecule has 1 aliphatic heterocycles. The molecule has 27 heavy (non-hydrogen) atoms. The monoisotopic (exact) mass is 418 g/mol. The molecule has 3 aromatic rings. The summed E-state index contributed by atoms with van der Waals surface area (Å²) >= 11 is 5.10. The number of aldehydes is 1. The van der Waals surface area contributed by atoms with Crippen molar-refractivity contribution in [2.45, 2.75) is 39.0 Å². The van der Waals surface area contributed by atoms with E-state index in [1.807, 2.05) is 23.5 Å². The van der Waals surface area contributed by atoms with Gasteiger partial charge in [0.25, 0.3) is 0 Å². The van der Waals surface area contributed by atoms with Gasteiger partial charge in [0.1, 0.15) is 13.2 Å². The summed E-state index contributed by atoms with van der Waals surface area (Å²) in [4.78, 5) is 17.7. The molecule has 0 fully saturated rings. The van der Waals surface area contributed by atoms with Crippen LogP contribution in [0.2, 0.25) is 0 Å². The third kappa shape index (κ3) is 3.98. The van der Waals surface area contributed by atoms with Gasteiger partial charge in [-0.3, -0.25) is 4.79 Å². The van der Waals surface area contributed by atoms with Crippen LogP contribution in [0.4, 0.5) is 0 Å². The molecule has 0 aromatic carbocycles. The average molecular weight is 419 g/mol. The molecule has 0 aliphatic carbocycles. The molecule has 1 aliphatic rings. The molecular weight excluding hydrogens is 396 g/mol. The third-order valence-corrected chi connectivity index (χ3v) is 8.22. The summed E-state index contributed by atoms with van der Waals surface area (Å²) in [6.07, 6.45) is 6.97. The van der Waals surface area contributed by atoms with Gasteiger partial charge in [0.2, 0.25) is 0 Å². The van der Waals surface area contributed by atoms with Crippen LogP contribution in [0.15, 0.2) is 24.3 Å². The van der Waals surface area contributed by atoms with Gasteiger partial charge in [-0.1, -0.05) is 26.2 Å². The molecule has 0 unspecified atom stereocenters. The van der Waals surface area contributed by atoms with Gasteiger partial charge in [-0.15, -0.1) is 34.0 Å². The number of aryl methyl sites for hydroxylation is 1. The van der Waals surface area contributed by atoms with Crippen LogP contribution < -0.4 is 9.47 Å². The Hall–Kier alpha value is -1.63. The summed E-state index contributed by atoms with van der Waals surface area (Å²) in [7, 11) is 0. The van der Waals surface area contributed by atoms with E-state index in [-0.39, 0.29) is 0 Å². The zero-order chi connectivity index (χ0) is 18.6. The number of carbonyl (C=O) groups excluding carboxylic acids is 1. The average Bonchev–Trinajstić information content (AvgIpc) is 3.42. The van der Waals surface area contributed by atoms with Crippen molar-refractivity contribution in [3.8, 4) is 31.0 Å². The second kappa shape index (κ2) is 8.59. The first-order valence-electron chi connectivity index (χ1n) is 9.37. The van der Waals surface area contributed by atoms with Crippen LogP contribution in [0.1, 0.15) is 47.2 Å². The normalized spacial score (nSPS) is 13.1. The Kier molecular flexibility index (Phi) is 5.95. The number of ether oxygens (including phenoxy) is 2. The number of hydrogen-bond donors (Lipinski definition) is 0. The predicted octanol–water partition coefficient (Wildman–Crippen LogP) is 6.91. The Labute approximate surface area is 171 Å². The van der Waals surface area contributed by atoms with Crippen molar-refractivity contribution in [3.63, 3.8) is 0 Å². The molecule has 0 saturated heterocycles. The first-order valence-corrected chi connectivity index (χ1v) is 11.8. The van der Waals surface area contributed by atoms with Gasteiger partial charge < -0.3 is 9.47 Å². The van der Waals surface area contributed by atoms with Crippen LogP contribution in [0.5, 0.6) is 11.5 Å². The number of thiophene rings is 3. The summed E-state index contributed by atoms with van der Waals surface area (Å²) in [6.45, 7) is 3.48. The molecular formula is C21H22O3S3. The van der Waals surface area contributed by atoms with E-state index < -0.39 is 0 Å². The first kappa shape index (κ1) is 18.7.